The number of hydrogen-bond donors (Lipinski definition) is 1. The second kappa shape index (κ2) is 5.87. The predicted octanol–water partition coefficient (Wildman–Crippen LogP) is 3.00. The number of rotatable bonds is 2. The number of aryl methyl sites for hydroxylation is 1. The topological polar surface area (TPSA) is 51.1 Å². The Labute approximate surface area is 132 Å². The number of hydrogen-bond acceptors (Lipinski definition) is 2. The van der Waals surface area contributed by atoms with E-state index in [2.05, 4.69) is 43.8 Å². The Kier molecular flexibility index (Phi) is 4.41. The number of nitrogens with zero attached hydrogens (tertiary/aromatic N) is 1. The first-order valence-corrected chi connectivity index (χ1v) is 7.27. The van der Waals surface area contributed by atoms with E-state index in [9.17, 15) is 9.59 Å². The molecule has 1 aromatic carbocycles. The van der Waals surface area contributed by atoms with Crippen LogP contribution in [0.15, 0.2) is 45.8 Å². The van der Waals surface area contributed by atoms with Crippen molar-refractivity contribution in [2.75, 3.05) is 5.32 Å². The molecule has 1 aromatic heterocycles. The number of aromatic nitrogens is 1. The average molecular weight is 433 g/mol. The molecule has 0 aliphatic rings. The lowest BCUT2D eigenvalue weighted by atomic mass is 10.2. The normalized spacial score (nSPS) is 10.3. The van der Waals surface area contributed by atoms with Gasteiger partial charge < -0.3 is 9.88 Å². The molecule has 0 unspecified atom stereocenters. The Balaban J connectivity index is 2.25. The van der Waals surface area contributed by atoms with Gasteiger partial charge in [0.05, 0.1) is 5.69 Å². The van der Waals surface area contributed by atoms with Gasteiger partial charge in [0.15, 0.2) is 0 Å². The summed E-state index contributed by atoms with van der Waals surface area (Å²) >= 11 is 5.58. The van der Waals surface area contributed by atoms with E-state index in [-0.39, 0.29) is 11.5 Å². The Hall–Kier alpha value is -1.15. The fourth-order valence-corrected chi connectivity index (χ4v) is 2.87. The molecule has 0 radical (unpaired) electrons. The van der Waals surface area contributed by atoms with E-state index in [0.29, 0.717) is 11.3 Å². The predicted molar refractivity (Wildman–Crippen MR) is 86.5 cm³/mol. The minimum absolute atomic E-state index is 0.214. The van der Waals surface area contributed by atoms with Crippen LogP contribution in [0.4, 0.5) is 5.69 Å². The fourth-order valence-electron chi connectivity index (χ4n) is 1.48. The third-order valence-corrected chi connectivity index (χ3v) is 3.87. The number of carbonyl (C=O) groups excluding carboxylic acids is 1. The van der Waals surface area contributed by atoms with Gasteiger partial charge in [0.25, 0.3) is 11.5 Å². The molecule has 0 aliphatic heterocycles. The lowest BCUT2D eigenvalue weighted by Crippen LogP contribution is -2.20. The van der Waals surface area contributed by atoms with Crippen molar-refractivity contribution in [3.05, 3.63) is 60.5 Å². The van der Waals surface area contributed by atoms with E-state index < -0.39 is 0 Å². The first-order chi connectivity index (χ1) is 8.97. The van der Waals surface area contributed by atoms with E-state index >= 15 is 0 Å². The highest BCUT2D eigenvalue weighted by molar-refractivity contribution is 14.1. The molecular formula is C13H10BrIN2O2. The van der Waals surface area contributed by atoms with Gasteiger partial charge in [0, 0.05) is 32.9 Å². The molecule has 0 atom stereocenters. The van der Waals surface area contributed by atoms with Crippen molar-refractivity contribution in [2.45, 2.75) is 0 Å². The molecule has 6 heteroatoms. The maximum Gasteiger partial charge on any atom is 0.255 e. The van der Waals surface area contributed by atoms with E-state index in [1.165, 1.54) is 10.6 Å². The molecule has 1 heterocycles. The minimum Gasteiger partial charge on any atom is -0.321 e. The van der Waals surface area contributed by atoms with Crippen LogP contribution in [0.1, 0.15) is 10.4 Å². The monoisotopic (exact) mass is 432 g/mol. The van der Waals surface area contributed by atoms with Crippen molar-refractivity contribution >= 4 is 50.1 Å². The van der Waals surface area contributed by atoms with Crippen molar-refractivity contribution in [1.29, 1.82) is 0 Å². The van der Waals surface area contributed by atoms with Crippen molar-refractivity contribution in [1.82, 2.24) is 4.57 Å². The molecule has 0 saturated carbocycles. The van der Waals surface area contributed by atoms with Crippen LogP contribution in [0.25, 0.3) is 0 Å². The first-order valence-electron chi connectivity index (χ1n) is 5.40. The fraction of sp³-hybridized carbons (Fsp3) is 0.0769. The molecule has 19 heavy (non-hydrogen) atoms. The minimum atomic E-state index is -0.306. The Morgan fingerprint density at radius 1 is 1.32 bits per heavy atom. The number of halogens is 2. The zero-order chi connectivity index (χ0) is 14.0. The first kappa shape index (κ1) is 14.3. The van der Waals surface area contributed by atoms with Crippen molar-refractivity contribution in [3.63, 3.8) is 0 Å². The summed E-state index contributed by atoms with van der Waals surface area (Å²) in [6.07, 6.45) is 1.57. The quantitative estimate of drug-likeness (QED) is 0.741. The molecule has 2 aromatic rings. The summed E-state index contributed by atoms with van der Waals surface area (Å²) in [5.41, 5.74) is 0.800. The van der Waals surface area contributed by atoms with Gasteiger partial charge in [-0.2, -0.15) is 0 Å². The largest absolute Gasteiger partial charge is 0.321 e. The zero-order valence-corrected chi connectivity index (χ0v) is 13.7. The summed E-state index contributed by atoms with van der Waals surface area (Å²) in [6, 6.07) is 8.53. The highest BCUT2D eigenvalue weighted by Crippen LogP contribution is 2.24. The Morgan fingerprint density at radius 2 is 2.05 bits per heavy atom. The van der Waals surface area contributed by atoms with Gasteiger partial charge in [-0.1, -0.05) is 0 Å². The van der Waals surface area contributed by atoms with E-state index in [1.54, 1.807) is 19.3 Å². The molecule has 1 N–H and O–H groups in total. The second-order valence-corrected chi connectivity index (χ2v) is 6.04. The summed E-state index contributed by atoms with van der Waals surface area (Å²) in [5, 5.41) is 2.76. The molecule has 98 valence electrons. The molecule has 0 saturated heterocycles. The molecule has 0 aliphatic carbocycles. The summed E-state index contributed by atoms with van der Waals surface area (Å²) in [4.78, 5) is 23.5. The number of carbonyl (C=O) groups is 1. The number of pyridine rings is 1. The Morgan fingerprint density at radius 3 is 2.68 bits per heavy atom. The summed E-state index contributed by atoms with van der Waals surface area (Å²) < 4.78 is 3.28. The van der Waals surface area contributed by atoms with Crippen LogP contribution in [0.2, 0.25) is 0 Å². The van der Waals surface area contributed by atoms with Gasteiger partial charge in [0.1, 0.15) is 0 Å². The van der Waals surface area contributed by atoms with Crippen molar-refractivity contribution in [2.24, 2.45) is 7.05 Å². The number of amides is 1. The third-order valence-electron chi connectivity index (χ3n) is 2.55. The zero-order valence-electron chi connectivity index (χ0n) is 9.98. The molecule has 2 rings (SSSR count). The lowest BCUT2D eigenvalue weighted by Gasteiger charge is -2.08. The molecule has 1 amide bonds. The van der Waals surface area contributed by atoms with E-state index in [4.69, 9.17) is 0 Å². The number of anilines is 1. The summed E-state index contributed by atoms with van der Waals surface area (Å²) in [6.45, 7) is 0. The van der Waals surface area contributed by atoms with Crippen LogP contribution >= 0.6 is 38.5 Å². The SMILES string of the molecule is Cn1ccc(C(=O)Nc2ccc(I)cc2Br)cc1=O. The second-order valence-electron chi connectivity index (χ2n) is 3.94. The lowest BCUT2D eigenvalue weighted by molar-refractivity contribution is 0.102. The van der Waals surface area contributed by atoms with Crippen molar-refractivity contribution in [3.8, 4) is 0 Å². The average Bonchev–Trinajstić information content (AvgIpc) is 2.36. The maximum absolute atomic E-state index is 12.0. The maximum atomic E-state index is 12.0. The van der Waals surface area contributed by atoms with Gasteiger partial charge >= 0.3 is 0 Å². The summed E-state index contributed by atoms with van der Waals surface area (Å²) in [7, 11) is 1.64. The molecule has 0 bridgehead atoms. The standard InChI is InChI=1S/C13H10BrIN2O2/c1-17-5-4-8(6-12(17)18)13(19)16-11-3-2-9(15)7-10(11)14/h2-7H,1H3,(H,16,19). The smallest absolute Gasteiger partial charge is 0.255 e. The Bertz CT molecular complexity index is 697. The van der Waals surface area contributed by atoms with Gasteiger partial charge in [0.2, 0.25) is 0 Å². The molecule has 0 spiro atoms. The van der Waals surface area contributed by atoms with E-state index in [0.717, 1.165) is 8.04 Å². The van der Waals surface area contributed by atoms with Crippen LogP contribution in [-0.4, -0.2) is 10.5 Å². The van der Waals surface area contributed by atoms with Crippen LogP contribution in [0, 0.1) is 3.57 Å². The van der Waals surface area contributed by atoms with E-state index in [1.807, 2.05) is 18.2 Å². The molecule has 0 fully saturated rings. The van der Waals surface area contributed by atoms with Crippen molar-refractivity contribution < 1.29 is 4.79 Å². The highest BCUT2D eigenvalue weighted by atomic mass is 127. The van der Waals surface area contributed by atoms with Gasteiger partial charge in [-0.05, 0) is 62.8 Å². The molecular weight excluding hydrogens is 423 g/mol. The van der Waals surface area contributed by atoms with Gasteiger partial charge in [-0.3, -0.25) is 9.59 Å². The number of benzene rings is 1. The van der Waals surface area contributed by atoms with Gasteiger partial charge in [-0.15, -0.1) is 0 Å². The van der Waals surface area contributed by atoms with Crippen LogP contribution in [-0.2, 0) is 7.05 Å². The van der Waals surface area contributed by atoms with Crippen LogP contribution in [0.3, 0.4) is 0 Å². The highest BCUT2D eigenvalue weighted by Gasteiger charge is 2.09. The van der Waals surface area contributed by atoms with Gasteiger partial charge in [-0.25, -0.2) is 0 Å². The molecule has 4 nitrogen and oxygen atoms in total. The summed E-state index contributed by atoms with van der Waals surface area (Å²) in [5.74, 6) is -0.306. The van der Waals surface area contributed by atoms with Crippen LogP contribution in [0.5, 0.6) is 0 Å². The van der Waals surface area contributed by atoms with Crippen LogP contribution < -0.4 is 10.9 Å². The number of nitrogens with one attached hydrogen (secondary N) is 1. The third kappa shape index (κ3) is 3.44.